The van der Waals surface area contributed by atoms with E-state index in [1.807, 2.05) is 32.3 Å². The lowest BCUT2D eigenvalue weighted by Gasteiger charge is -2.16. The highest BCUT2D eigenvalue weighted by Crippen LogP contribution is 2.24. The molecule has 0 saturated carbocycles. The van der Waals surface area contributed by atoms with Crippen LogP contribution in [0.4, 0.5) is 5.69 Å². The van der Waals surface area contributed by atoms with Crippen LogP contribution in [-0.2, 0) is 13.1 Å². The van der Waals surface area contributed by atoms with Gasteiger partial charge < -0.3 is 20.4 Å². The SMILES string of the molecule is CN(C)Cc1ccccc1NCc1ccc(O)cc1O. The van der Waals surface area contributed by atoms with Gasteiger partial charge in [-0.05, 0) is 37.9 Å². The van der Waals surface area contributed by atoms with Crippen LogP contribution in [0, 0.1) is 0 Å². The van der Waals surface area contributed by atoms with Crippen molar-refractivity contribution < 1.29 is 10.2 Å². The highest BCUT2D eigenvalue weighted by Gasteiger charge is 2.05. The van der Waals surface area contributed by atoms with Crippen molar-refractivity contribution in [3.05, 3.63) is 53.6 Å². The number of hydrogen-bond acceptors (Lipinski definition) is 4. The summed E-state index contributed by atoms with van der Waals surface area (Å²) in [5.41, 5.74) is 3.01. The van der Waals surface area contributed by atoms with Crippen LogP contribution < -0.4 is 5.32 Å². The summed E-state index contributed by atoms with van der Waals surface area (Å²) in [6, 6.07) is 12.7. The largest absolute Gasteiger partial charge is 0.508 e. The molecule has 4 nitrogen and oxygen atoms in total. The summed E-state index contributed by atoms with van der Waals surface area (Å²) in [6.07, 6.45) is 0. The second-order valence-corrected chi connectivity index (χ2v) is 5.06. The topological polar surface area (TPSA) is 55.7 Å². The minimum atomic E-state index is 0.0688. The van der Waals surface area contributed by atoms with E-state index in [1.165, 1.54) is 11.6 Å². The maximum atomic E-state index is 9.78. The number of hydrogen-bond donors (Lipinski definition) is 3. The quantitative estimate of drug-likeness (QED) is 0.783. The van der Waals surface area contributed by atoms with Crippen LogP contribution in [0.1, 0.15) is 11.1 Å². The molecule has 2 aromatic carbocycles. The number of anilines is 1. The van der Waals surface area contributed by atoms with Crippen molar-refractivity contribution in [2.75, 3.05) is 19.4 Å². The van der Waals surface area contributed by atoms with Crippen molar-refractivity contribution in [1.82, 2.24) is 4.90 Å². The Bertz CT molecular complexity index is 582. The minimum absolute atomic E-state index is 0.0688. The molecule has 3 N–H and O–H groups in total. The second kappa shape index (κ2) is 6.30. The van der Waals surface area contributed by atoms with Gasteiger partial charge in [-0.15, -0.1) is 0 Å². The van der Waals surface area contributed by atoms with Crippen molar-refractivity contribution in [2.24, 2.45) is 0 Å². The van der Waals surface area contributed by atoms with Crippen LogP contribution in [0.5, 0.6) is 11.5 Å². The molecular formula is C16H20N2O2. The van der Waals surface area contributed by atoms with Gasteiger partial charge >= 0.3 is 0 Å². The third kappa shape index (κ3) is 3.65. The van der Waals surface area contributed by atoms with Gasteiger partial charge in [-0.25, -0.2) is 0 Å². The molecule has 4 heteroatoms. The van der Waals surface area contributed by atoms with E-state index in [9.17, 15) is 10.2 Å². The van der Waals surface area contributed by atoms with Crippen LogP contribution >= 0.6 is 0 Å². The first-order valence-corrected chi connectivity index (χ1v) is 6.53. The molecule has 2 rings (SSSR count). The van der Waals surface area contributed by atoms with E-state index < -0.39 is 0 Å². The van der Waals surface area contributed by atoms with E-state index in [-0.39, 0.29) is 11.5 Å². The lowest BCUT2D eigenvalue weighted by atomic mass is 10.1. The zero-order valence-electron chi connectivity index (χ0n) is 11.8. The number of benzene rings is 2. The average molecular weight is 272 g/mol. The molecule has 0 aromatic heterocycles. The van der Waals surface area contributed by atoms with Gasteiger partial charge in [0.15, 0.2) is 0 Å². The van der Waals surface area contributed by atoms with E-state index in [4.69, 9.17) is 0 Å². The maximum Gasteiger partial charge on any atom is 0.124 e. The molecular weight excluding hydrogens is 252 g/mol. The van der Waals surface area contributed by atoms with Crippen LogP contribution in [0.25, 0.3) is 0 Å². The third-order valence-corrected chi connectivity index (χ3v) is 3.04. The molecule has 0 bridgehead atoms. The van der Waals surface area contributed by atoms with Crippen molar-refractivity contribution in [2.45, 2.75) is 13.1 Å². The number of rotatable bonds is 5. The van der Waals surface area contributed by atoms with Crippen molar-refractivity contribution >= 4 is 5.69 Å². The summed E-state index contributed by atoms with van der Waals surface area (Å²) in [5, 5.41) is 22.4. The first-order chi connectivity index (χ1) is 9.56. The van der Waals surface area contributed by atoms with E-state index in [1.54, 1.807) is 12.1 Å². The molecule has 2 aromatic rings. The Morgan fingerprint density at radius 3 is 2.45 bits per heavy atom. The Morgan fingerprint density at radius 1 is 1.00 bits per heavy atom. The summed E-state index contributed by atoms with van der Waals surface area (Å²) in [4.78, 5) is 2.11. The van der Waals surface area contributed by atoms with Crippen molar-refractivity contribution in [3.63, 3.8) is 0 Å². The smallest absolute Gasteiger partial charge is 0.124 e. The highest BCUT2D eigenvalue weighted by molar-refractivity contribution is 5.52. The first-order valence-electron chi connectivity index (χ1n) is 6.53. The van der Waals surface area contributed by atoms with Crippen LogP contribution in [0.2, 0.25) is 0 Å². The Labute approximate surface area is 119 Å². The van der Waals surface area contributed by atoms with Gasteiger partial charge in [-0.3, -0.25) is 0 Å². The van der Waals surface area contributed by atoms with E-state index in [0.717, 1.165) is 17.8 Å². The molecule has 20 heavy (non-hydrogen) atoms. The molecule has 0 fully saturated rings. The van der Waals surface area contributed by atoms with Gasteiger partial charge in [-0.1, -0.05) is 18.2 Å². The highest BCUT2D eigenvalue weighted by atomic mass is 16.3. The molecule has 0 aliphatic carbocycles. The zero-order chi connectivity index (χ0) is 14.5. The standard InChI is InChI=1S/C16H20N2O2/c1-18(2)11-13-5-3-4-6-15(13)17-10-12-7-8-14(19)9-16(12)20/h3-9,17,19-20H,10-11H2,1-2H3. The maximum absolute atomic E-state index is 9.78. The van der Waals surface area contributed by atoms with Gasteiger partial charge in [0, 0.05) is 30.4 Å². The number of nitrogens with one attached hydrogen (secondary N) is 1. The number of aromatic hydroxyl groups is 2. The fourth-order valence-corrected chi connectivity index (χ4v) is 2.06. The molecule has 0 aliphatic rings. The number of phenols is 2. The predicted octanol–water partition coefficient (Wildman–Crippen LogP) is 2.77. The van der Waals surface area contributed by atoms with Crippen molar-refractivity contribution in [1.29, 1.82) is 0 Å². The normalized spacial score (nSPS) is 10.8. The average Bonchev–Trinajstić information content (AvgIpc) is 2.39. The lowest BCUT2D eigenvalue weighted by Crippen LogP contribution is -2.12. The Balaban J connectivity index is 2.10. The van der Waals surface area contributed by atoms with Gasteiger partial charge in [0.25, 0.3) is 0 Å². The number of phenolic OH excluding ortho intramolecular Hbond substituents is 2. The summed E-state index contributed by atoms with van der Waals surface area (Å²) < 4.78 is 0. The van der Waals surface area contributed by atoms with Crippen LogP contribution in [0.15, 0.2) is 42.5 Å². The summed E-state index contributed by atoms with van der Waals surface area (Å²) in [5.74, 6) is 0.168. The summed E-state index contributed by atoms with van der Waals surface area (Å²) in [7, 11) is 4.06. The van der Waals surface area contributed by atoms with E-state index in [0.29, 0.717) is 6.54 Å². The summed E-state index contributed by atoms with van der Waals surface area (Å²) in [6.45, 7) is 1.36. The van der Waals surface area contributed by atoms with Crippen LogP contribution in [-0.4, -0.2) is 29.2 Å². The molecule has 106 valence electrons. The molecule has 0 heterocycles. The molecule has 0 radical (unpaired) electrons. The molecule has 0 spiro atoms. The van der Waals surface area contributed by atoms with Gasteiger partial charge in [-0.2, -0.15) is 0 Å². The van der Waals surface area contributed by atoms with Crippen LogP contribution in [0.3, 0.4) is 0 Å². The number of nitrogens with zero attached hydrogens (tertiary/aromatic N) is 1. The molecule has 0 amide bonds. The lowest BCUT2D eigenvalue weighted by molar-refractivity contribution is 0.403. The monoisotopic (exact) mass is 272 g/mol. The van der Waals surface area contributed by atoms with Gasteiger partial charge in [0.1, 0.15) is 11.5 Å². The zero-order valence-corrected chi connectivity index (χ0v) is 11.8. The first kappa shape index (κ1) is 14.2. The fourth-order valence-electron chi connectivity index (χ4n) is 2.06. The minimum Gasteiger partial charge on any atom is -0.508 e. The fraction of sp³-hybridized carbons (Fsp3) is 0.250. The number of para-hydroxylation sites is 1. The third-order valence-electron chi connectivity index (χ3n) is 3.04. The molecule has 0 aliphatic heterocycles. The van der Waals surface area contributed by atoms with E-state index in [2.05, 4.69) is 16.3 Å². The summed E-state index contributed by atoms with van der Waals surface area (Å²) >= 11 is 0. The Morgan fingerprint density at radius 2 is 1.75 bits per heavy atom. The molecule has 0 saturated heterocycles. The van der Waals surface area contributed by atoms with Crippen molar-refractivity contribution in [3.8, 4) is 11.5 Å². The molecule has 0 unspecified atom stereocenters. The molecule has 0 atom stereocenters. The van der Waals surface area contributed by atoms with Gasteiger partial charge in [0.05, 0.1) is 0 Å². The second-order valence-electron chi connectivity index (χ2n) is 5.06. The Hall–Kier alpha value is -2.20. The Kier molecular flexibility index (Phi) is 4.48. The van der Waals surface area contributed by atoms with E-state index >= 15 is 0 Å². The predicted molar refractivity (Wildman–Crippen MR) is 80.9 cm³/mol. The van der Waals surface area contributed by atoms with Gasteiger partial charge in [0.2, 0.25) is 0 Å².